The summed E-state index contributed by atoms with van der Waals surface area (Å²) in [7, 11) is 0. The maximum atomic E-state index is 14.2. The molecule has 0 bridgehead atoms. The highest BCUT2D eigenvalue weighted by molar-refractivity contribution is 5.87. The zero-order chi connectivity index (χ0) is 22.0. The number of carbonyl (C=O) groups is 1. The number of hydrogen-bond donors (Lipinski definition) is 2. The van der Waals surface area contributed by atoms with Crippen LogP contribution in [0, 0.1) is 11.7 Å². The third-order valence-corrected chi connectivity index (χ3v) is 5.93. The lowest BCUT2D eigenvalue weighted by atomic mass is 9.87. The Labute approximate surface area is 180 Å². The molecule has 1 aromatic heterocycles. The molecule has 4 rings (SSSR count). The van der Waals surface area contributed by atoms with Gasteiger partial charge < -0.3 is 15.0 Å². The van der Waals surface area contributed by atoms with E-state index in [1.807, 2.05) is 32.0 Å². The van der Waals surface area contributed by atoms with Crippen molar-refractivity contribution in [3.05, 3.63) is 70.3 Å². The van der Waals surface area contributed by atoms with Crippen molar-refractivity contribution in [1.29, 1.82) is 0 Å². The summed E-state index contributed by atoms with van der Waals surface area (Å²) in [4.78, 5) is 28.8. The summed E-state index contributed by atoms with van der Waals surface area (Å²) in [5.74, 6) is -1.02. The summed E-state index contributed by atoms with van der Waals surface area (Å²) >= 11 is 0. The summed E-state index contributed by atoms with van der Waals surface area (Å²) in [5.41, 5.74) is 1.45. The van der Waals surface area contributed by atoms with Crippen LogP contribution in [0.15, 0.2) is 53.3 Å². The van der Waals surface area contributed by atoms with Gasteiger partial charge in [0.25, 0.3) is 5.56 Å². The number of rotatable bonds is 5. The fourth-order valence-electron chi connectivity index (χ4n) is 4.24. The highest BCUT2D eigenvalue weighted by atomic mass is 19.1. The van der Waals surface area contributed by atoms with E-state index in [9.17, 15) is 14.0 Å². The summed E-state index contributed by atoms with van der Waals surface area (Å²) in [5, 5.41) is 4.38. The number of amides is 1. The average molecular weight is 423 g/mol. The van der Waals surface area contributed by atoms with Gasteiger partial charge in [-0.15, -0.1) is 0 Å². The topological polar surface area (TPSA) is 71.2 Å². The van der Waals surface area contributed by atoms with Gasteiger partial charge in [0, 0.05) is 35.9 Å². The minimum atomic E-state index is -0.547. The molecule has 0 aliphatic carbocycles. The van der Waals surface area contributed by atoms with Crippen LogP contribution in [0.4, 0.5) is 4.39 Å². The first kappa shape index (κ1) is 21.2. The second-order valence-corrected chi connectivity index (χ2v) is 8.45. The second-order valence-electron chi connectivity index (χ2n) is 8.45. The van der Waals surface area contributed by atoms with E-state index >= 15 is 0 Å². The van der Waals surface area contributed by atoms with Gasteiger partial charge in [-0.25, -0.2) is 4.39 Å². The van der Waals surface area contributed by atoms with Gasteiger partial charge in [-0.1, -0.05) is 44.2 Å². The third-order valence-electron chi connectivity index (χ3n) is 5.93. The minimum absolute atomic E-state index is 0.0402. The Morgan fingerprint density at radius 3 is 2.61 bits per heavy atom. The Balaban J connectivity index is 1.63. The number of ether oxygens (including phenoxy) is 1. The zero-order valence-corrected chi connectivity index (χ0v) is 17.8. The fraction of sp³-hybridized carbons (Fsp3) is 0.360. The third kappa shape index (κ3) is 4.54. The number of carbonyl (C=O) groups excluding carboxylic acids is 1. The first-order chi connectivity index (χ1) is 14.9. The predicted molar refractivity (Wildman–Crippen MR) is 120 cm³/mol. The molecule has 2 N–H and O–H groups in total. The molecular weight excluding hydrogens is 395 g/mol. The van der Waals surface area contributed by atoms with Crippen molar-refractivity contribution in [3.8, 4) is 11.3 Å². The molecule has 0 radical (unpaired) electrons. The minimum Gasteiger partial charge on any atom is -0.381 e. The Kier molecular flexibility index (Phi) is 6.18. The van der Waals surface area contributed by atoms with E-state index in [0.29, 0.717) is 35.4 Å². The van der Waals surface area contributed by atoms with Gasteiger partial charge in [-0.2, -0.15) is 0 Å². The van der Waals surface area contributed by atoms with Crippen LogP contribution in [0.1, 0.15) is 38.2 Å². The number of aromatic amines is 1. The molecule has 1 unspecified atom stereocenters. The van der Waals surface area contributed by atoms with E-state index in [2.05, 4.69) is 10.3 Å². The zero-order valence-electron chi connectivity index (χ0n) is 17.8. The fourth-order valence-corrected chi connectivity index (χ4v) is 4.24. The van der Waals surface area contributed by atoms with E-state index in [4.69, 9.17) is 4.74 Å². The highest BCUT2D eigenvalue weighted by Crippen LogP contribution is 2.27. The SMILES string of the molecule is CC(C)C(C(=O)NC1CCOCC1)c1ccc(-c2ccc3cccc(F)c3c2)[nH]c1=O. The number of H-pyrrole nitrogens is 1. The molecule has 1 aliphatic heterocycles. The van der Waals surface area contributed by atoms with Crippen LogP contribution in [0.3, 0.4) is 0 Å². The molecular formula is C25H27FN2O3. The Hall–Kier alpha value is -2.99. The number of fused-ring (bicyclic) bond motifs is 1. The monoisotopic (exact) mass is 422 g/mol. The average Bonchev–Trinajstić information content (AvgIpc) is 2.75. The van der Waals surface area contributed by atoms with Gasteiger partial charge >= 0.3 is 0 Å². The summed E-state index contributed by atoms with van der Waals surface area (Å²) in [6.45, 7) is 5.15. The summed E-state index contributed by atoms with van der Waals surface area (Å²) in [6.07, 6.45) is 1.56. The molecule has 3 aromatic rings. The Bertz CT molecular complexity index is 1150. The number of pyridine rings is 1. The number of hydrogen-bond acceptors (Lipinski definition) is 3. The first-order valence-electron chi connectivity index (χ1n) is 10.7. The normalized spacial score (nSPS) is 15.9. The van der Waals surface area contributed by atoms with Gasteiger partial charge in [0.05, 0.1) is 5.92 Å². The van der Waals surface area contributed by atoms with Gasteiger partial charge in [-0.05, 0) is 47.9 Å². The van der Waals surface area contributed by atoms with E-state index in [-0.39, 0.29) is 29.2 Å². The van der Waals surface area contributed by atoms with Crippen LogP contribution in [0.5, 0.6) is 0 Å². The number of aromatic nitrogens is 1. The van der Waals surface area contributed by atoms with E-state index in [0.717, 1.165) is 18.2 Å². The van der Waals surface area contributed by atoms with Crippen LogP contribution in [-0.2, 0) is 9.53 Å². The Morgan fingerprint density at radius 2 is 1.90 bits per heavy atom. The van der Waals surface area contributed by atoms with E-state index < -0.39 is 5.92 Å². The summed E-state index contributed by atoms with van der Waals surface area (Å²) < 4.78 is 19.5. The molecule has 1 atom stereocenters. The lowest BCUT2D eigenvalue weighted by Gasteiger charge is -2.27. The molecule has 1 fully saturated rings. The molecule has 0 spiro atoms. The molecule has 31 heavy (non-hydrogen) atoms. The van der Waals surface area contributed by atoms with Gasteiger partial charge in [0.15, 0.2) is 0 Å². The smallest absolute Gasteiger partial charge is 0.252 e. The predicted octanol–water partition coefficient (Wildman–Crippen LogP) is 4.37. The van der Waals surface area contributed by atoms with Crippen molar-refractivity contribution in [1.82, 2.24) is 10.3 Å². The van der Waals surface area contributed by atoms with Crippen molar-refractivity contribution in [2.24, 2.45) is 5.92 Å². The molecule has 2 aromatic carbocycles. The highest BCUT2D eigenvalue weighted by Gasteiger charge is 2.29. The lowest BCUT2D eigenvalue weighted by molar-refractivity contribution is -0.124. The second kappa shape index (κ2) is 9.02. The van der Waals surface area contributed by atoms with Gasteiger partial charge in [0.1, 0.15) is 5.82 Å². The van der Waals surface area contributed by atoms with Crippen molar-refractivity contribution in [2.45, 2.75) is 38.6 Å². The van der Waals surface area contributed by atoms with Gasteiger partial charge in [-0.3, -0.25) is 9.59 Å². The molecule has 6 heteroatoms. The van der Waals surface area contributed by atoms with Crippen molar-refractivity contribution < 1.29 is 13.9 Å². The molecule has 0 saturated carbocycles. The van der Waals surface area contributed by atoms with Crippen LogP contribution in [0.25, 0.3) is 22.0 Å². The van der Waals surface area contributed by atoms with Crippen molar-refractivity contribution in [2.75, 3.05) is 13.2 Å². The van der Waals surface area contributed by atoms with E-state index in [1.165, 1.54) is 6.07 Å². The largest absolute Gasteiger partial charge is 0.381 e. The molecule has 1 aliphatic rings. The van der Waals surface area contributed by atoms with Crippen LogP contribution in [-0.4, -0.2) is 30.1 Å². The maximum Gasteiger partial charge on any atom is 0.252 e. The maximum absolute atomic E-state index is 14.2. The molecule has 162 valence electrons. The summed E-state index contributed by atoms with van der Waals surface area (Å²) in [6, 6.07) is 13.9. The number of nitrogens with one attached hydrogen (secondary N) is 2. The van der Waals surface area contributed by atoms with Crippen LogP contribution >= 0.6 is 0 Å². The molecule has 5 nitrogen and oxygen atoms in total. The Morgan fingerprint density at radius 1 is 1.13 bits per heavy atom. The van der Waals surface area contributed by atoms with Gasteiger partial charge in [0.2, 0.25) is 5.91 Å². The van der Waals surface area contributed by atoms with Crippen molar-refractivity contribution >= 4 is 16.7 Å². The lowest BCUT2D eigenvalue weighted by Crippen LogP contribution is -2.43. The van der Waals surface area contributed by atoms with Crippen LogP contribution < -0.4 is 10.9 Å². The quantitative estimate of drug-likeness (QED) is 0.641. The molecule has 1 amide bonds. The number of halogens is 1. The molecule has 1 saturated heterocycles. The number of benzene rings is 2. The standard InChI is InChI=1S/C25H27FN2O3/c1-15(2)23(25(30)27-18-10-12-31-13-11-18)19-8-9-22(28-24(19)29)17-7-6-16-4-3-5-21(26)20(16)14-17/h3-9,14-15,18,23H,10-13H2,1-2H3,(H,27,30)(H,28,29). The first-order valence-corrected chi connectivity index (χ1v) is 10.7. The van der Waals surface area contributed by atoms with E-state index in [1.54, 1.807) is 24.3 Å². The molecule has 2 heterocycles. The van der Waals surface area contributed by atoms with Crippen LogP contribution in [0.2, 0.25) is 0 Å². The van der Waals surface area contributed by atoms with Crippen molar-refractivity contribution in [3.63, 3.8) is 0 Å².